The smallest absolute Gasteiger partial charge is 0.416 e. The first-order valence-electron chi connectivity index (χ1n) is 9.51. The van der Waals surface area contributed by atoms with Crippen LogP contribution in [0.3, 0.4) is 0 Å². The highest BCUT2D eigenvalue weighted by molar-refractivity contribution is 7.09. The average Bonchev–Trinajstić information content (AvgIpc) is 3.28. The summed E-state index contributed by atoms with van der Waals surface area (Å²) in [6, 6.07) is 13.8. The summed E-state index contributed by atoms with van der Waals surface area (Å²) in [6.45, 7) is 0.655. The van der Waals surface area contributed by atoms with E-state index in [2.05, 4.69) is 0 Å². The van der Waals surface area contributed by atoms with E-state index < -0.39 is 17.6 Å². The van der Waals surface area contributed by atoms with Gasteiger partial charge in [-0.15, -0.1) is 11.3 Å². The molecule has 0 fully saturated rings. The SMILES string of the molecule is COc1ccc(CCN(Cc2cccs2)C(=O)c2cccc(C(F)(F)F)c2)cc1OC. The van der Waals surface area contributed by atoms with E-state index in [9.17, 15) is 18.0 Å². The predicted octanol–water partition coefficient (Wildman–Crippen LogP) is 5.67. The molecule has 0 saturated heterocycles. The Morgan fingerprint density at radius 1 is 1.00 bits per heavy atom. The predicted molar refractivity (Wildman–Crippen MR) is 114 cm³/mol. The highest BCUT2D eigenvalue weighted by Gasteiger charge is 2.31. The Hall–Kier alpha value is -3.00. The molecule has 0 spiro atoms. The number of methoxy groups -OCH3 is 2. The van der Waals surface area contributed by atoms with Gasteiger partial charge in [-0.3, -0.25) is 4.79 Å². The van der Waals surface area contributed by atoms with Crippen molar-refractivity contribution in [1.29, 1.82) is 0 Å². The second kappa shape index (κ2) is 9.87. The van der Waals surface area contributed by atoms with Gasteiger partial charge in [-0.2, -0.15) is 13.2 Å². The maximum atomic E-state index is 13.1. The fourth-order valence-corrected chi connectivity index (χ4v) is 3.87. The Morgan fingerprint density at radius 3 is 2.42 bits per heavy atom. The highest BCUT2D eigenvalue weighted by Crippen LogP contribution is 2.30. The molecule has 3 aromatic rings. The van der Waals surface area contributed by atoms with Crippen LogP contribution >= 0.6 is 11.3 Å². The van der Waals surface area contributed by atoms with Crippen LogP contribution in [0.15, 0.2) is 60.0 Å². The van der Waals surface area contributed by atoms with Gasteiger partial charge in [0.05, 0.1) is 26.3 Å². The van der Waals surface area contributed by atoms with Gasteiger partial charge in [0.1, 0.15) is 0 Å². The monoisotopic (exact) mass is 449 g/mol. The quantitative estimate of drug-likeness (QED) is 0.445. The first-order valence-corrected chi connectivity index (χ1v) is 10.4. The van der Waals surface area contributed by atoms with Gasteiger partial charge in [0.2, 0.25) is 0 Å². The lowest BCUT2D eigenvalue weighted by molar-refractivity contribution is -0.137. The van der Waals surface area contributed by atoms with Crippen LogP contribution in [0.1, 0.15) is 26.4 Å². The lowest BCUT2D eigenvalue weighted by Crippen LogP contribution is -2.32. The Labute approximate surface area is 182 Å². The minimum atomic E-state index is -4.51. The molecule has 0 aliphatic rings. The molecular formula is C23H22F3NO3S. The number of thiophene rings is 1. The zero-order valence-corrected chi connectivity index (χ0v) is 17.9. The molecule has 31 heavy (non-hydrogen) atoms. The Balaban J connectivity index is 1.82. The number of nitrogens with zero attached hydrogens (tertiary/aromatic N) is 1. The number of ether oxygens (including phenoxy) is 2. The lowest BCUT2D eigenvalue weighted by atomic mass is 10.1. The molecule has 0 unspecified atom stereocenters. The Kier molecular flexibility index (Phi) is 7.22. The number of rotatable bonds is 8. The van der Waals surface area contributed by atoms with Crippen molar-refractivity contribution in [3.8, 4) is 11.5 Å². The van der Waals surface area contributed by atoms with Crippen molar-refractivity contribution in [3.63, 3.8) is 0 Å². The first kappa shape index (κ1) is 22.7. The molecule has 0 saturated carbocycles. The van der Waals surface area contributed by atoms with Crippen LogP contribution in [0.5, 0.6) is 11.5 Å². The molecule has 0 aliphatic carbocycles. The molecule has 0 bridgehead atoms. The van der Waals surface area contributed by atoms with Gasteiger partial charge in [0.15, 0.2) is 11.5 Å². The molecule has 0 aliphatic heterocycles. The fourth-order valence-electron chi connectivity index (χ4n) is 3.15. The molecular weight excluding hydrogens is 427 g/mol. The van der Waals surface area contributed by atoms with E-state index in [0.29, 0.717) is 31.0 Å². The molecule has 1 heterocycles. The zero-order valence-electron chi connectivity index (χ0n) is 17.1. The molecule has 3 rings (SSSR count). The van der Waals surface area contributed by atoms with Crippen LogP contribution in [0.4, 0.5) is 13.2 Å². The zero-order chi connectivity index (χ0) is 22.4. The average molecular weight is 449 g/mol. The van der Waals surface area contributed by atoms with Crippen molar-refractivity contribution in [2.45, 2.75) is 19.1 Å². The van der Waals surface area contributed by atoms with E-state index in [4.69, 9.17) is 9.47 Å². The maximum absolute atomic E-state index is 13.1. The summed E-state index contributed by atoms with van der Waals surface area (Å²) in [4.78, 5) is 15.6. The van der Waals surface area contributed by atoms with Crippen LogP contribution < -0.4 is 9.47 Å². The normalized spacial score (nSPS) is 11.3. The summed E-state index contributed by atoms with van der Waals surface area (Å²) in [6.07, 6.45) is -4.00. The summed E-state index contributed by atoms with van der Waals surface area (Å²) in [7, 11) is 3.09. The number of hydrogen-bond acceptors (Lipinski definition) is 4. The third-order valence-corrected chi connectivity index (χ3v) is 5.63. The van der Waals surface area contributed by atoms with Gasteiger partial charge in [0, 0.05) is 17.0 Å². The number of alkyl halides is 3. The summed E-state index contributed by atoms with van der Waals surface area (Å²) >= 11 is 1.49. The lowest BCUT2D eigenvalue weighted by Gasteiger charge is -2.23. The van der Waals surface area contributed by atoms with Crippen LogP contribution in [-0.4, -0.2) is 31.6 Å². The second-order valence-corrected chi connectivity index (χ2v) is 7.86. The van der Waals surface area contributed by atoms with E-state index in [1.807, 2.05) is 29.6 Å². The number of hydrogen-bond donors (Lipinski definition) is 0. The van der Waals surface area contributed by atoms with Crippen molar-refractivity contribution in [3.05, 3.63) is 81.5 Å². The Morgan fingerprint density at radius 2 is 1.77 bits per heavy atom. The molecule has 1 amide bonds. The summed E-state index contributed by atoms with van der Waals surface area (Å²) in [5, 5.41) is 1.90. The van der Waals surface area contributed by atoms with Crippen molar-refractivity contribution >= 4 is 17.2 Å². The summed E-state index contributed by atoms with van der Waals surface area (Å²) in [5.41, 5.74) is 0.0960. The van der Waals surface area contributed by atoms with Crippen LogP contribution in [0.25, 0.3) is 0 Å². The molecule has 1 aromatic heterocycles. The number of carbonyl (C=O) groups excluding carboxylic acids is 1. The van der Waals surface area contributed by atoms with E-state index in [-0.39, 0.29) is 5.56 Å². The first-order chi connectivity index (χ1) is 14.8. The van der Waals surface area contributed by atoms with Gasteiger partial charge in [0.25, 0.3) is 5.91 Å². The standard InChI is InChI=1S/C23H22F3NO3S/c1-29-20-9-8-16(13-21(20)30-2)10-11-27(15-19-7-4-12-31-19)22(28)17-5-3-6-18(14-17)23(24,25)26/h3-9,12-14H,10-11,15H2,1-2H3. The number of benzene rings is 2. The molecule has 0 radical (unpaired) electrons. The molecule has 2 aromatic carbocycles. The molecule has 0 atom stereocenters. The number of carbonyl (C=O) groups is 1. The third-order valence-electron chi connectivity index (χ3n) is 4.77. The van der Waals surface area contributed by atoms with E-state index in [1.165, 1.54) is 23.5 Å². The van der Waals surface area contributed by atoms with Gasteiger partial charge < -0.3 is 14.4 Å². The van der Waals surface area contributed by atoms with Gasteiger partial charge in [-0.1, -0.05) is 18.2 Å². The topological polar surface area (TPSA) is 38.8 Å². The fraction of sp³-hybridized carbons (Fsp3) is 0.261. The van der Waals surface area contributed by atoms with Gasteiger partial charge in [-0.05, 0) is 53.8 Å². The minimum absolute atomic E-state index is 0.0127. The minimum Gasteiger partial charge on any atom is -0.493 e. The van der Waals surface area contributed by atoms with E-state index in [1.54, 1.807) is 25.2 Å². The largest absolute Gasteiger partial charge is 0.493 e. The van der Waals surface area contributed by atoms with Crippen molar-refractivity contribution < 1.29 is 27.4 Å². The van der Waals surface area contributed by atoms with E-state index in [0.717, 1.165) is 22.6 Å². The molecule has 4 nitrogen and oxygen atoms in total. The molecule has 164 valence electrons. The number of halogens is 3. The van der Waals surface area contributed by atoms with Gasteiger partial charge >= 0.3 is 6.18 Å². The summed E-state index contributed by atoms with van der Waals surface area (Å²) < 4.78 is 49.8. The van der Waals surface area contributed by atoms with Crippen LogP contribution in [-0.2, 0) is 19.1 Å². The van der Waals surface area contributed by atoms with Crippen LogP contribution in [0.2, 0.25) is 0 Å². The second-order valence-electron chi connectivity index (χ2n) is 6.82. The highest BCUT2D eigenvalue weighted by atomic mass is 32.1. The molecule has 8 heteroatoms. The maximum Gasteiger partial charge on any atom is 0.416 e. The summed E-state index contributed by atoms with van der Waals surface area (Å²) in [5.74, 6) is 0.732. The number of amides is 1. The van der Waals surface area contributed by atoms with Gasteiger partial charge in [-0.25, -0.2) is 0 Å². The third kappa shape index (κ3) is 5.79. The Bertz CT molecular complexity index is 1020. The van der Waals surface area contributed by atoms with Crippen LogP contribution in [0, 0.1) is 0 Å². The van der Waals surface area contributed by atoms with Crippen molar-refractivity contribution in [2.24, 2.45) is 0 Å². The van der Waals surface area contributed by atoms with Crippen molar-refractivity contribution in [1.82, 2.24) is 4.90 Å². The van der Waals surface area contributed by atoms with E-state index >= 15 is 0 Å². The van der Waals surface area contributed by atoms with Crippen molar-refractivity contribution in [2.75, 3.05) is 20.8 Å². The molecule has 0 N–H and O–H groups in total.